The second-order valence-corrected chi connectivity index (χ2v) is 6.77. The minimum absolute atomic E-state index is 0.0683. The number of hydrogen-bond donors (Lipinski definition) is 1. The molecule has 2 aromatic rings. The Kier molecular flexibility index (Phi) is 6.02. The van der Waals surface area contributed by atoms with Crippen LogP contribution in [0.3, 0.4) is 0 Å². The molecule has 0 aromatic heterocycles. The van der Waals surface area contributed by atoms with Crippen molar-refractivity contribution in [2.24, 2.45) is 0 Å². The number of halogens is 2. The topological polar surface area (TPSA) is 81.5 Å². The molecular weight excluding hydrogens is 412 g/mol. The van der Waals surface area contributed by atoms with Gasteiger partial charge in [0, 0.05) is 21.6 Å². The van der Waals surface area contributed by atoms with Gasteiger partial charge < -0.3 is 10.1 Å². The smallest absolute Gasteiger partial charge is 0.270 e. The predicted molar refractivity (Wildman–Crippen MR) is 100 cm³/mol. The molecule has 0 heterocycles. The zero-order valence-electron chi connectivity index (χ0n) is 13.8. The number of amides is 1. The number of hydrogen-bond acceptors (Lipinski definition) is 4. The minimum atomic E-state index is -0.762. The van der Waals surface area contributed by atoms with Crippen molar-refractivity contribution < 1.29 is 14.5 Å². The van der Waals surface area contributed by atoms with Crippen molar-refractivity contribution in [1.82, 2.24) is 0 Å². The molecular formula is C17H16BrClN2O4. The molecule has 0 fully saturated rings. The number of nitrogens with one attached hydrogen (secondary N) is 1. The number of nitro groups is 1. The molecule has 25 heavy (non-hydrogen) atoms. The third-order valence-electron chi connectivity index (χ3n) is 3.51. The van der Waals surface area contributed by atoms with Crippen LogP contribution in [-0.2, 0) is 4.79 Å². The zero-order chi connectivity index (χ0) is 18.7. The summed E-state index contributed by atoms with van der Waals surface area (Å²) in [4.78, 5) is 22.5. The summed E-state index contributed by atoms with van der Waals surface area (Å²) in [5, 5.41) is 14.1. The van der Waals surface area contributed by atoms with Crippen LogP contribution in [-0.4, -0.2) is 16.9 Å². The predicted octanol–water partition coefficient (Wildman–Crippen LogP) is 5.03. The van der Waals surface area contributed by atoms with E-state index in [-0.39, 0.29) is 11.6 Å². The molecule has 0 radical (unpaired) electrons. The molecule has 1 atom stereocenters. The molecule has 1 N–H and O–H groups in total. The number of carbonyl (C=O) groups excluding carboxylic acids is 1. The molecule has 2 rings (SSSR count). The van der Waals surface area contributed by atoms with Crippen LogP contribution in [0.25, 0.3) is 0 Å². The highest BCUT2D eigenvalue weighted by atomic mass is 79.9. The number of non-ortho nitro benzene ring substituents is 1. The Labute approximate surface area is 158 Å². The molecule has 1 unspecified atom stereocenters. The molecule has 0 saturated carbocycles. The lowest BCUT2D eigenvalue weighted by Gasteiger charge is -2.16. The second-order valence-electron chi connectivity index (χ2n) is 5.54. The van der Waals surface area contributed by atoms with E-state index in [9.17, 15) is 14.9 Å². The molecule has 6 nitrogen and oxygen atoms in total. The van der Waals surface area contributed by atoms with Crippen molar-refractivity contribution in [3.8, 4) is 5.75 Å². The standard InChI is InChI=1S/C17H16BrClN2O4/c1-9-6-13(7-10(2)16(9)19)25-11(3)17(22)20-15-5-4-12(21(23)24)8-14(15)18/h4-8,11H,1-3H3,(H,20,22). The highest BCUT2D eigenvalue weighted by Crippen LogP contribution is 2.28. The van der Waals surface area contributed by atoms with Gasteiger partial charge in [-0.15, -0.1) is 0 Å². The molecule has 1 amide bonds. The van der Waals surface area contributed by atoms with Gasteiger partial charge in [-0.05, 0) is 66.0 Å². The lowest BCUT2D eigenvalue weighted by Crippen LogP contribution is -2.30. The van der Waals surface area contributed by atoms with E-state index in [2.05, 4.69) is 21.2 Å². The molecule has 2 aromatic carbocycles. The summed E-state index contributed by atoms with van der Waals surface area (Å²) >= 11 is 9.33. The van der Waals surface area contributed by atoms with Gasteiger partial charge in [0.1, 0.15) is 5.75 Å². The van der Waals surface area contributed by atoms with E-state index in [0.29, 0.717) is 20.9 Å². The van der Waals surface area contributed by atoms with Crippen LogP contribution in [0.15, 0.2) is 34.8 Å². The highest BCUT2D eigenvalue weighted by molar-refractivity contribution is 9.10. The summed E-state index contributed by atoms with van der Waals surface area (Å²) in [6.07, 6.45) is -0.762. The van der Waals surface area contributed by atoms with Gasteiger partial charge in [0.2, 0.25) is 0 Å². The van der Waals surface area contributed by atoms with Crippen LogP contribution >= 0.6 is 27.5 Å². The van der Waals surface area contributed by atoms with Crippen molar-refractivity contribution in [1.29, 1.82) is 0 Å². The van der Waals surface area contributed by atoms with E-state index < -0.39 is 11.0 Å². The van der Waals surface area contributed by atoms with E-state index >= 15 is 0 Å². The number of nitrogens with zero attached hydrogens (tertiary/aromatic N) is 1. The van der Waals surface area contributed by atoms with Gasteiger partial charge in [-0.1, -0.05) is 11.6 Å². The van der Waals surface area contributed by atoms with Crippen molar-refractivity contribution in [3.05, 3.63) is 61.1 Å². The van der Waals surface area contributed by atoms with E-state index in [1.54, 1.807) is 19.1 Å². The minimum Gasteiger partial charge on any atom is -0.481 e. The molecule has 0 bridgehead atoms. The lowest BCUT2D eigenvalue weighted by atomic mass is 10.1. The zero-order valence-corrected chi connectivity index (χ0v) is 16.1. The molecule has 0 aliphatic carbocycles. The first-order valence-corrected chi connectivity index (χ1v) is 8.54. The van der Waals surface area contributed by atoms with Gasteiger partial charge in [0.25, 0.3) is 11.6 Å². The molecule has 0 saturated heterocycles. The first-order chi connectivity index (χ1) is 11.7. The fourth-order valence-corrected chi connectivity index (χ4v) is 2.76. The van der Waals surface area contributed by atoms with Crippen molar-refractivity contribution >= 4 is 44.8 Å². The highest BCUT2D eigenvalue weighted by Gasteiger charge is 2.18. The molecule has 0 aliphatic rings. The average Bonchev–Trinajstić information content (AvgIpc) is 2.54. The Bertz CT molecular complexity index is 818. The lowest BCUT2D eigenvalue weighted by molar-refractivity contribution is -0.384. The third kappa shape index (κ3) is 4.70. The van der Waals surface area contributed by atoms with Crippen molar-refractivity contribution in [2.75, 3.05) is 5.32 Å². The maximum Gasteiger partial charge on any atom is 0.270 e. The normalized spacial score (nSPS) is 11.7. The Morgan fingerprint density at radius 1 is 1.28 bits per heavy atom. The van der Waals surface area contributed by atoms with Crippen LogP contribution in [0, 0.1) is 24.0 Å². The van der Waals surface area contributed by atoms with E-state index in [4.69, 9.17) is 16.3 Å². The Morgan fingerprint density at radius 3 is 2.40 bits per heavy atom. The first-order valence-electron chi connectivity index (χ1n) is 7.37. The van der Waals surface area contributed by atoms with Crippen LogP contribution in [0.2, 0.25) is 5.02 Å². The number of aryl methyl sites for hydroxylation is 2. The summed E-state index contributed by atoms with van der Waals surface area (Å²) < 4.78 is 6.09. The first kappa shape index (κ1) is 19.2. The number of nitro benzene ring substituents is 1. The van der Waals surface area contributed by atoms with Crippen molar-refractivity contribution in [3.63, 3.8) is 0 Å². The molecule has 8 heteroatoms. The largest absolute Gasteiger partial charge is 0.481 e. The number of anilines is 1. The Balaban J connectivity index is 2.09. The fraction of sp³-hybridized carbons (Fsp3) is 0.235. The summed E-state index contributed by atoms with van der Waals surface area (Å²) in [6.45, 7) is 5.34. The molecule has 132 valence electrons. The van der Waals surface area contributed by atoms with Gasteiger partial charge in [-0.2, -0.15) is 0 Å². The second kappa shape index (κ2) is 7.84. The maximum absolute atomic E-state index is 12.3. The van der Waals surface area contributed by atoms with Gasteiger partial charge in [0.15, 0.2) is 6.10 Å². The Morgan fingerprint density at radius 2 is 1.88 bits per heavy atom. The van der Waals surface area contributed by atoms with Crippen molar-refractivity contribution in [2.45, 2.75) is 26.9 Å². The van der Waals surface area contributed by atoms with E-state index in [0.717, 1.165) is 11.1 Å². The average molecular weight is 428 g/mol. The van der Waals surface area contributed by atoms with Gasteiger partial charge in [-0.25, -0.2) is 0 Å². The van der Waals surface area contributed by atoms with Crippen LogP contribution in [0.4, 0.5) is 11.4 Å². The van der Waals surface area contributed by atoms with Gasteiger partial charge in [-0.3, -0.25) is 14.9 Å². The number of rotatable bonds is 5. The Hall–Kier alpha value is -2.12. The summed E-state index contributed by atoms with van der Waals surface area (Å²) in [6, 6.07) is 7.64. The fourth-order valence-electron chi connectivity index (χ4n) is 2.19. The van der Waals surface area contributed by atoms with Crippen LogP contribution in [0.5, 0.6) is 5.75 Å². The summed E-state index contributed by atoms with van der Waals surface area (Å²) in [5.41, 5.74) is 2.08. The quantitative estimate of drug-likeness (QED) is 0.536. The SMILES string of the molecule is Cc1cc(OC(C)C(=O)Nc2ccc([N+](=O)[O-])cc2Br)cc(C)c1Cl. The van der Waals surface area contributed by atoms with E-state index in [1.807, 2.05) is 13.8 Å². The molecule has 0 aliphatic heterocycles. The third-order valence-corrected chi connectivity index (χ3v) is 4.77. The van der Waals surface area contributed by atoms with Gasteiger partial charge in [0.05, 0.1) is 10.6 Å². The van der Waals surface area contributed by atoms with Crippen LogP contribution in [0.1, 0.15) is 18.1 Å². The monoisotopic (exact) mass is 426 g/mol. The number of carbonyl (C=O) groups is 1. The van der Waals surface area contributed by atoms with Gasteiger partial charge >= 0.3 is 0 Å². The van der Waals surface area contributed by atoms with E-state index in [1.165, 1.54) is 18.2 Å². The molecule has 0 spiro atoms. The number of ether oxygens (including phenoxy) is 1. The summed E-state index contributed by atoms with van der Waals surface area (Å²) in [7, 11) is 0. The maximum atomic E-state index is 12.3. The summed E-state index contributed by atoms with van der Waals surface area (Å²) in [5.74, 6) is 0.171. The van der Waals surface area contributed by atoms with Crippen LogP contribution < -0.4 is 10.1 Å². The number of benzene rings is 2.